The molecule has 1 N–H and O–H groups in total. The summed E-state index contributed by atoms with van der Waals surface area (Å²) in [5.74, 6) is 0.779. The van der Waals surface area contributed by atoms with Crippen LogP contribution in [0.3, 0.4) is 0 Å². The number of hydrogen-bond acceptors (Lipinski definition) is 2. The first kappa shape index (κ1) is 16.5. The second-order valence-electron chi connectivity index (χ2n) is 6.00. The zero-order valence-corrected chi connectivity index (χ0v) is 12.9. The summed E-state index contributed by atoms with van der Waals surface area (Å²) < 4.78 is 5.61. The van der Waals surface area contributed by atoms with Crippen molar-refractivity contribution in [2.24, 2.45) is 5.92 Å². The smallest absolute Gasteiger partial charge is 0.303 e. The van der Waals surface area contributed by atoms with E-state index in [2.05, 4.69) is 13.8 Å². The molecular formula is C17H26O3. The summed E-state index contributed by atoms with van der Waals surface area (Å²) in [4.78, 5) is 11.0. The van der Waals surface area contributed by atoms with E-state index in [9.17, 15) is 4.79 Å². The Morgan fingerprint density at radius 1 is 1.10 bits per heavy atom. The molecule has 1 unspecified atom stereocenters. The average molecular weight is 278 g/mol. The topological polar surface area (TPSA) is 46.5 Å². The zero-order chi connectivity index (χ0) is 15.1. The van der Waals surface area contributed by atoms with Crippen LogP contribution in [0.4, 0.5) is 0 Å². The predicted molar refractivity (Wildman–Crippen MR) is 81.3 cm³/mol. The third-order valence-corrected chi connectivity index (χ3v) is 3.24. The van der Waals surface area contributed by atoms with Crippen molar-refractivity contribution < 1.29 is 14.6 Å². The molecule has 0 bridgehead atoms. The first-order valence-corrected chi connectivity index (χ1v) is 7.37. The number of hydrogen-bond donors (Lipinski definition) is 1. The van der Waals surface area contributed by atoms with Gasteiger partial charge in [-0.25, -0.2) is 0 Å². The molecule has 0 radical (unpaired) electrons. The van der Waals surface area contributed by atoms with Gasteiger partial charge in [0.05, 0.1) is 12.5 Å². The molecule has 0 saturated carbocycles. The Hall–Kier alpha value is -1.51. The molecule has 1 rings (SSSR count). The summed E-state index contributed by atoms with van der Waals surface area (Å²) in [5, 5.41) is 9.06. The van der Waals surface area contributed by atoms with Gasteiger partial charge in [0.2, 0.25) is 0 Å². The van der Waals surface area contributed by atoms with Gasteiger partial charge in [-0.05, 0) is 49.8 Å². The van der Waals surface area contributed by atoms with Crippen LogP contribution in [0.2, 0.25) is 0 Å². The summed E-state index contributed by atoms with van der Waals surface area (Å²) in [5.41, 5.74) is 1.09. The molecule has 0 heterocycles. The summed E-state index contributed by atoms with van der Waals surface area (Å²) in [6.07, 6.45) is 2.30. The monoisotopic (exact) mass is 278 g/mol. The van der Waals surface area contributed by atoms with Crippen molar-refractivity contribution in [2.75, 3.05) is 0 Å². The van der Waals surface area contributed by atoms with Gasteiger partial charge in [0.15, 0.2) is 0 Å². The van der Waals surface area contributed by atoms with E-state index in [0.29, 0.717) is 5.92 Å². The van der Waals surface area contributed by atoms with E-state index in [1.54, 1.807) is 0 Å². The number of carboxylic acids is 1. The summed E-state index contributed by atoms with van der Waals surface area (Å²) in [6.45, 7) is 8.31. The Bertz CT molecular complexity index is 407. The molecule has 20 heavy (non-hydrogen) atoms. The number of rotatable bonds is 8. The number of ether oxygens (including phenoxy) is 1. The normalized spacial score (nSPS) is 12.7. The highest BCUT2D eigenvalue weighted by atomic mass is 16.5. The van der Waals surface area contributed by atoms with E-state index in [-0.39, 0.29) is 18.4 Å². The Morgan fingerprint density at radius 3 is 2.15 bits per heavy atom. The molecule has 0 amide bonds. The second kappa shape index (κ2) is 7.93. The highest BCUT2D eigenvalue weighted by Crippen LogP contribution is 2.28. The summed E-state index contributed by atoms with van der Waals surface area (Å²) >= 11 is 0. The van der Waals surface area contributed by atoms with E-state index in [1.807, 2.05) is 38.1 Å². The van der Waals surface area contributed by atoms with Gasteiger partial charge in [-0.2, -0.15) is 0 Å². The predicted octanol–water partition coefficient (Wildman–Crippen LogP) is 4.47. The molecule has 0 saturated heterocycles. The fraction of sp³-hybridized carbons (Fsp3) is 0.588. The van der Waals surface area contributed by atoms with E-state index in [1.165, 1.54) is 0 Å². The average Bonchev–Trinajstić information content (AvgIpc) is 2.34. The van der Waals surface area contributed by atoms with Crippen LogP contribution in [0.5, 0.6) is 5.75 Å². The molecule has 3 nitrogen and oxygen atoms in total. The standard InChI is InChI=1S/C17H26O3/c1-12(2)5-6-15(11-17(18)19)14-7-9-16(10-8-14)20-13(3)4/h7-10,12-13,15H,5-6,11H2,1-4H3,(H,18,19). The van der Waals surface area contributed by atoms with E-state index in [0.717, 1.165) is 24.2 Å². The molecule has 1 aromatic rings. The van der Waals surface area contributed by atoms with Crippen molar-refractivity contribution in [3.05, 3.63) is 29.8 Å². The van der Waals surface area contributed by atoms with E-state index in [4.69, 9.17) is 9.84 Å². The van der Waals surface area contributed by atoms with Crippen LogP contribution in [-0.2, 0) is 4.79 Å². The third kappa shape index (κ3) is 6.09. The van der Waals surface area contributed by atoms with Crippen LogP contribution in [0, 0.1) is 5.92 Å². The molecule has 1 aromatic carbocycles. The Balaban J connectivity index is 2.76. The molecule has 0 spiro atoms. The minimum absolute atomic E-state index is 0.0861. The van der Waals surface area contributed by atoms with Crippen molar-refractivity contribution >= 4 is 5.97 Å². The Labute approximate surface area is 122 Å². The molecule has 0 aliphatic heterocycles. The summed E-state index contributed by atoms with van der Waals surface area (Å²) in [7, 11) is 0. The van der Waals surface area contributed by atoms with E-state index < -0.39 is 5.97 Å². The maximum Gasteiger partial charge on any atom is 0.303 e. The maximum atomic E-state index is 11.0. The minimum atomic E-state index is -0.735. The quantitative estimate of drug-likeness (QED) is 0.763. The lowest BCUT2D eigenvalue weighted by molar-refractivity contribution is -0.137. The van der Waals surface area contributed by atoms with Crippen LogP contribution < -0.4 is 4.74 Å². The second-order valence-corrected chi connectivity index (χ2v) is 6.00. The fourth-order valence-electron chi connectivity index (χ4n) is 2.22. The fourth-order valence-corrected chi connectivity index (χ4v) is 2.22. The molecule has 0 aliphatic rings. The van der Waals surface area contributed by atoms with Crippen LogP contribution in [0.1, 0.15) is 58.4 Å². The SMILES string of the molecule is CC(C)CCC(CC(=O)O)c1ccc(OC(C)C)cc1. The van der Waals surface area contributed by atoms with Gasteiger partial charge in [-0.3, -0.25) is 4.79 Å². The number of carbonyl (C=O) groups is 1. The van der Waals surface area contributed by atoms with E-state index >= 15 is 0 Å². The zero-order valence-electron chi connectivity index (χ0n) is 12.9. The molecule has 0 aromatic heterocycles. The Kier molecular flexibility index (Phi) is 6.56. The van der Waals surface area contributed by atoms with Crippen molar-refractivity contribution in [3.63, 3.8) is 0 Å². The lowest BCUT2D eigenvalue weighted by atomic mass is 9.89. The third-order valence-electron chi connectivity index (χ3n) is 3.24. The highest BCUT2D eigenvalue weighted by molar-refractivity contribution is 5.68. The van der Waals surface area contributed by atoms with Gasteiger partial charge < -0.3 is 9.84 Å². The largest absolute Gasteiger partial charge is 0.491 e. The van der Waals surface area contributed by atoms with Crippen molar-refractivity contribution in [2.45, 2.75) is 59.0 Å². The number of benzene rings is 1. The van der Waals surface area contributed by atoms with Gasteiger partial charge in [0, 0.05) is 0 Å². The van der Waals surface area contributed by atoms with Crippen molar-refractivity contribution in [1.29, 1.82) is 0 Å². The number of aliphatic carboxylic acids is 1. The van der Waals surface area contributed by atoms with Crippen LogP contribution in [-0.4, -0.2) is 17.2 Å². The van der Waals surface area contributed by atoms with Crippen molar-refractivity contribution in [1.82, 2.24) is 0 Å². The van der Waals surface area contributed by atoms with Gasteiger partial charge in [-0.1, -0.05) is 32.4 Å². The lowest BCUT2D eigenvalue weighted by Gasteiger charge is -2.17. The molecule has 0 aliphatic carbocycles. The Morgan fingerprint density at radius 2 is 1.70 bits per heavy atom. The van der Waals surface area contributed by atoms with Gasteiger partial charge in [0.1, 0.15) is 5.75 Å². The lowest BCUT2D eigenvalue weighted by Crippen LogP contribution is -2.08. The van der Waals surface area contributed by atoms with Crippen LogP contribution in [0.25, 0.3) is 0 Å². The molecule has 1 atom stereocenters. The first-order valence-electron chi connectivity index (χ1n) is 7.37. The van der Waals surface area contributed by atoms with Gasteiger partial charge in [-0.15, -0.1) is 0 Å². The first-order chi connectivity index (χ1) is 9.38. The molecule has 0 fully saturated rings. The van der Waals surface area contributed by atoms with Crippen LogP contribution >= 0.6 is 0 Å². The van der Waals surface area contributed by atoms with Gasteiger partial charge >= 0.3 is 5.97 Å². The minimum Gasteiger partial charge on any atom is -0.491 e. The number of carboxylic acid groups (broad SMARTS) is 1. The highest BCUT2D eigenvalue weighted by Gasteiger charge is 2.16. The maximum absolute atomic E-state index is 11.0. The molecule has 3 heteroatoms. The van der Waals surface area contributed by atoms with Crippen LogP contribution in [0.15, 0.2) is 24.3 Å². The van der Waals surface area contributed by atoms with Crippen molar-refractivity contribution in [3.8, 4) is 5.75 Å². The summed E-state index contributed by atoms with van der Waals surface area (Å²) in [6, 6.07) is 7.84. The van der Waals surface area contributed by atoms with Gasteiger partial charge in [0.25, 0.3) is 0 Å². The molecule has 112 valence electrons. The molecular weight excluding hydrogens is 252 g/mol.